The zero-order valence-electron chi connectivity index (χ0n) is 30.9. The van der Waals surface area contributed by atoms with Crippen LogP contribution in [-0.4, -0.2) is 105 Å². The van der Waals surface area contributed by atoms with Crippen LogP contribution in [0.25, 0.3) is 0 Å². The number of ether oxygens (including phenoxy) is 4. The molecule has 0 rings (SSSR count). The van der Waals surface area contributed by atoms with E-state index in [0.29, 0.717) is 59.3 Å². The minimum absolute atomic E-state index is 0.0142. The summed E-state index contributed by atoms with van der Waals surface area (Å²) in [4.78, 5) is 57.3. The molecule has 0 spiro atoms. The summed E-state index contributed by atoms with van der Waals surface area (Å²) in [6.45, 7) is 4.97. The Morgan fingerprint density at radius 3 is 1.30 bits per heavy atom. The first-order valence-electron chi connectivity index (χ1n) is 19.0. The van der Waals surface area contributed by atoms with Gasteiger partial charge in [-0.3, -0.25) is 19.2 Å². The summed E-state index contributed by atoms with van der Waals surface area (Å²) in [7, 11) is 0. The maximum atomic E-state index is 12.3. The Kier molecular flexibility index (Phi) is 34.3. The molecule has 50 heavy (non-hydrogen) atoms. The Labute approximate surface area is 300 Å². The lowest BCUT2D eigenvalue weighted by Crippen LogP contribution is -2.41. The van der Waals surface area contributed by atoms with Gasteiger partial charge in [0.1, 0.15) is 11.8 Å². The Balaban J connectivity index is 3.59. The first-order chi connectivity index (χ1) is 24.2. The van der Waals surface area contributed by atoms with E-state index in [0.717, 1.165) is 44.9 Å². The van der Waals surface area contributed by atoms with Crippen molar-refractivity contribution in [3.8, 4) is 0 Å². The number of carboxylic acid groups (broad SMARTS) is 2. The van der Waals surface area contributed by atoms with Gasteiger partial charge in [0.15, 0.2) is 0 Å². The van der Waals surface area contributed by atoms with Gasteiger partial charge in [-0.25, -0.2) is 4.79 Å². The van der Waals surface area contributed by atoms with Crippen LogP contribution in [0.4, 0.5) is 0 Å². The maximum Gasteiger partial charge on any atom is 0.326 e. The molecule has 292 valence electrons. The minimum Gasteiger partial charge on any atom is -0.481 e. The van der Waals surface area contributed by atoms with Crippen LogP contribution >= 0.6 is 0 Å². The van der Waals surface area contributed by atoms with Gasteiger partial charge in [0, 0.05) is 32.2 Å². The van der Waals surface area contributed by atoms with E-state index in [1.807, 2.05) is 0 Å². The predicted molar refractivity (Wildman–Crippen MR) is 191 cm³/mol. The molecule has 1 unspecified atom stereocenters. The molecular formula is C37H68N2O11. The van der Waals surface area contributed by atoms with Crippen molar-refractivity contribution in [3.05, 3.63) is 0 Å². The molecule has 0 heterocycles. The largest absolute Gasteiger partial charge is 0.481 e. The molecule has 0 aromatic heterocycles. The standard InChI is InChI=1S/C37H68N2O11/c1-32(40)22-24-47-26-28-49-30-31-50-29-27-48-25-23-38-34(41)21-20-33(37(45)46)39-35(42)18-16-14-12-10-8-6-4-2-3-5-7-9-11-13-15-17-19-36(43)44/h33H,2-31H2,1H3,(H,38,41)(H,39,42)(H,43,44)(H,45,46). The van der Waals surface area contributed by atoms with Crippen molar-refractivity contribution in [3.63, 3.8) is 0 Å². The van der Waals surface area contributed by atoms with Crippen molar-refractivity contribution < 1.29 is 53.1 Å². The summed E-state index contributed by atoms with van der Waals surface area (Å²) in [6.07, 6.45) is 19.1. The number of rotatable bonds is 39. The molecule has 0 aromatic rings. The smallest absolute Gasteiger partial charge is 0.326 e. The lowest BCUT2D eigenvalue weighted by Gasteiger charge is -2.14. The van der Waals surface area contributed by atoms with Crippen molar-refractivity contribution in [2.75, 3.05) is 59.4 Å². The fourth-order valence-electron chi connectivity index (χ4n) is 5.16. The summed E-state index contributed by atoms with van der Waals surface area (Å²) in [5.41, 5.74) is 0. The number of amides is 2. The van der Waals surface area contributed by atoms with Crippen LogP contribution in [0.1, 0.15) is 142 Å². The van der Waals surface area contributed by atoms with E-state index in [1.165, 1.54) is 64.7 Å². The molecule has 0 aromatic carbocycles. The number of unbranched alkanes of at least 4 members (excludes halogenated alkanes) is 15. The van der Waals surface area contributed by atoms with Gasteiger partial charge in [-0.15, -0.1) is 0 Å². The summed E-state index contributed by atoms with van der Waals surface area (Å²) in [5, 5.41) is 23.4. The van der Waals surface area contributed by atoms with Crippen LogP contribution in [0, 0.1) is 0 Å². The quantitative estimate of drug-likeness (QED) is 0.0580. The van der Waals surface area contributed by atoms with Gasteiger partial charge in [-0.1, -0.05) is 89.9 Å². The normalized spacial score (nSPS) is 11.7. The van der Waals surface area contributed by atoms with Gasteiger partial charge in [-0.05, 0) is 26.2 Å². The van der Waals surface area contributed by atoms with E-state index < -0.39 is 18.0 Å². The van der Waals surface area contributed by atoms with E-state index in [4.69, 9.17) is 24.1 Å². The highest BCUT2D eigenvalue weighted by Gasteiger charge is 2.20. The van der Waals surface area contributed by atoms with E-state index >= 15 is 0 Å². The summed E-state index contributed by atoms with van der Waals surface area (Å²) in [5.74, 6) is -2.35. The molecule has 0 radical (unpaired) electrons. The van der Waals surface area contributed by atoms with Crippen molar-refractivity contribution in [2.24, 2.45) is 0 Å². The average molecular weight is 717 g/mol. The number of ketones is 1. The Bertz CT molecular complexity index is 872. The van der Waals surface area contributed by atoms with Gasteiger partial charge in [0.2, 0.25) is 11.8 Å². The fourth-order valence-corrected chi connectivity index (χ4v) is 5.16. The molecule has 0 aliphatic carbocycles. The highest BCUT2D eigenvalue weighted by atomic mass is 16.6. The second kappa shape index (κ2) is 36.2. The highest BCUT2D eigenvalue weighted by Crippen LogP contribution is 2.14. The number of hydrogen-bond acceptors (Lipinski definition) is 9. The molecular weight excluding hydrogens is 648 g/mol. The third kappa shape index (κ3) is 36.7. The van der Waals surface area contributed by atoms with Crippen molar-refractivity contribution >= 4 is 29.5 Å². The topological polar surface area (TPSA) is 187 Å². The summed E-state index contributed by atoms with van der Waals surface area (Å²) in [6, 6.07) is -1.10. The van der Waals surface area contributed by atoms with Crippen LogP contribution in [0.15, 0.2) is 0 Å². The molecule has 0 saturated heterocycles. The first-order valence-corrected chi connectivity index (χ1v) is 19.0. The summed E-state index contributed by atoms with van der Waals surface area (Å²) >= 11 is 0. The Morgan fingerprint density at radius 1 is 0.480 bits per heavy atom. The van der Waals surface area contributed by atoms with Crippen LogP contribution in [0.2, 0.25) is 0 Å². The highest BCUT2D eigenvalue weighted by molar-refractivity contribution is 5.84. The maximum absolute atomic E-state index is 12.3. The lowest BCUT2D eigenvalue weighted by atomic mass is 10.0. The molecule has 13 nitrogen and oxygen atoms in total. The van der Waals surface area contributed by atoms with E-state index in [-0.39, 0.29) is 49.8 Å². The summed E-state index contributed by atoms with van der Waals surface area (Å²) < 4.78 is 21.4. The molecule has 0 saturated carbocycles. The first kappa shape index (κ1) is 47.4. The number of hydrogen-bond donors (Lipinski definition) is 4. The molecule has 13 heteroatoms. The molecule has 1 atom stereocenters. The second-order valence-corrected chi connectivity index (χ2v) is 12.8. The third-order valence-electron chi connectivity index (χ3n) is 8.12. The predicted octanol–water partition coefficient (Wildman–Crippen LogP) is 5.60. The van der Waals surface area contributed by atoms with Crippen LogP contribution < -0.4 is 10.6 Å². The number of carboxylic acids is 2. The third-order valence-corrected chi connectivity index (χ3v) is 8.12. The SMILES string of the molecule is CC(=O)CCOCCOCCOCCOCCNC(=O)CCC(NC(=O)CCCCCCCCCCCCCCCCCCC(=O)O)C(=O)O. The monoisotopic (exact) mass is 716 g/mol. The van der Waals surface area contributed by atoms with E-state index in [2.05, 4.69) is 10.6 Å². The minimum atomic E-state index is -1.15. The molecule has 0 aliphatic heterocycles. The van der Waals surface area contributed by atoms with Crippen molar-refractivity contribution in [1.82, 2.24) is 10.6 Å². The van der Waals surface area contributed by atoms with Crippen molar-refractivity contribution in [1.29, 1.82) is 0 Å². The Hall–Kier alpha value is -2.61. The number of Topliss-reactive ketones (excluding diaryl/α,β-unsaturated/α-hetero) is 1. The number of aliphatic carboxylic acids is 2. The molecule has 0 fully saturated rings. The Morgan fingerprint density at radius 2 is 0.880 bits per heavy atom. The van der Waals surface area contributed by atoms with Crippen LogP contribution in [-0.2, 0) is 42.9 Å². The molecule has 2 amide bonds. The van der Waals surface area contributed by atoms with Crippen LogP contribution in [0.5, 0.6) is 0 Å². The zero-order valence-corrected chi connectivity index (χ0v) is 30.9. The van der Waals surface area contributed by atoms with E-state index in [1.54, 1.807) is 0 Å². The zero-order chi connectivity index (χ0) is 36.9. The number of carbonyl (C=O) groups excluding carboxylic acids is 3. The number of carbonyl (C=O) groups is 5. The van der Waals surface area contributed by atoms with E-state index in [9.17, 15) is 29.1 Å². The fraction of sp³-hybridized carbons (Fsp3) is 0.865. The molecule has 4 N–H and O–H groups in total. The van der Waals surface area contributed by atoms with Gasteiger partial charge < -0.3 is 39.8 Å². The van der Waals surface area contributed by atoms with Crippen molar-refractivity contribution in [2.45, 2.75) is 148 Å². The van der Waals surface area contributed by atoms with Gasteiger partial charge in [-0.2, -0.15) is 0 Å². The second-order valence-electron chi connectivity index (χ2n) is 12.8. The molecule has 0 bridgehead atoms. The average Bonchev–Trinajstić information content (AvgIpc) is 3.07. The molecule has 0 aliphatic rings. The van der Waals surface area contributed by atoms with Gasteiger partial charge in [0.05, 0.1) is 52.9 Å². The van der Waals surface area contributed by atoms with Gasteiger partial charge in [0.25, 0.3) is 0 Å². The number of nitrogens with one attached hydrogen (secondary N) is 2. The van der Waals surface area contributed by atoms with Gasteiger partial charge >= 0.3 is 11.9 Å². The lowest BCUT2D eigenvalue weighted by molar-refractivity contribution is -0.142. The van der Waals surface area contributed by atoms with Crippen LogP contribution in [0.3, 0.4) is 0 Å².